The van der Waals surface area contributed by atoms with Crippen LogP contribution in [0.25, 0.3) is 33.3 Å². The van der Waals surface area contributed by atoms with Crippen molar-refractivity contribution in [3.63, 3.8) is 0 Å². The lowest BCUT2D eigenvalue weighted by molar-refractivity contribution is 0.827. The number of rotatable bonds is 2. The van der Waals surface area contributed by atoms with E-state index in [0.29, 0.717) is 22.4 Å². The second-order valence-electron chi connectivity index (χ2n) is 7.48. The third kappa shape index (κ3) is 2.83. The van der Waals surface area contributed by atoms with Crippen LogP contribution in [0, 0.1) is 13.8 Å². The zero-order valence-electron chi connectivity index (χ0n) is 16.7. The molecular weight excluding hydrogens is 374 g/mol. The first-order chi connectivity index (χ1) is 14.5. The molecule has 0 fully saturated rings. The van der Waals surface area contributed by atoms with Crippen LogP contribution in [0.4, 0.5) is 0 Å². The summed E-state index contributed by atoms with van der Waals surface area (Å²) >= 11 is 0. The molecule has 0 aliphatic carbocycles. The molecule has 0 saturated carbocycles. The molecule has 5 aromatic rings. The predicted molar refractivity (Wildman–Crippen MR) is 120 cm³/mol. The first-order valence-electron chi connectivity index (χ1n) is 9.74. The van der Waals surface area contributed by atoms with Crippen LogP contribution in [0.3, 0.4) is 0 Å². The summed E-state index contributed by atoms with van der Waals surface area (Å²) in [5, 5.41) is 1.25. The zero-order valence-corrected chi connectivity index (χ0v) is 16.7. The van der Waals surface area contributed by atoms with Gasteiger partial charge in [0.1, 0.15) is 0 Å². The Hall–Kier alpha value is -3.99. The minimum atomic E-state index is -0.442. The third-order valence-electron chi connectivity index (χ3n) is 5.32. The van der Waals surface area contributed by atoms with Gasteiger partial charge in [0.05, 0.1) is 22.3 Å². The SMILES string of the molecule is Cc1ccc(-n2c(=O)c3cc4ccccc4nc3n(-c3ccc(C)cc3)c2=O)cc1. The monoisotopic (exact) mass is 393 g/mol. The number of aromatic nitrogens is 3. The fraction of sp³-hybridized carbons (Fsp3) is 0.0800. The molecule has 146 valence electrons. The van der Waals surface area contributed by atoms with Crippen LogP contribution in [0.1, 0.15) is 11.1 Å². The highest BCUT2D eigenvalue weighted by Gasteiger charge is 2.17. The average Bonchev–Trinajstić information content (AvgIpc) is 2.75. The van der Waals surface area contributed by atoms with Crippen molar-refractivity contribution in [3.8, 4) is 11.4 Å². The van der Waals surface area contributed by atoms with E-state index in [1.54, 1.807) is 12.1 Å². The van der Waals surface area contributed by atoms with E-state index in [0.717, 1.165) is 22.0 Å². The molecule has 0 saturated heterocycles. The van der Waals surface area contributed by atoms with E-state index in [9.17, 15) is 9.59 Å². The van der Waals surface area contributed by atoms with Gasteiger partial charge in [-0.3, -0.25) is 4.79 Å². The Bertz CT molecular complexity index is 1530. The molecule has 5 nitrogen and oxygen atoms in total. The van der Waals surface area contributed by atoms with Gasteiger partial charge in [-0.1, -0.05) is 53.6 Å². The largest absolute Gasteiger partial charge is 0.341 e. The fourth-order valence-electron chi connectivity index (χ4n) is 3.68. The van der Waals surface area contributed by atoms with Gasteiger partial charge in [0, 0.05) is 5.39 Å². The Morgan fingerprint density at radius 3 is 1.90 bits per heavy atom. The van der Waals surface area contributed by atoms with Gasteiger partial charge in [0.2, 0.25) is 0 Å². The summed E-state index contributed by atoms with van der Waals surface area (Å²) in [4.78, 5) is 31.7. The Balaban J connectivity index is 1.97. The number of para-hydroxylation sites is 1. The van der Waals surface area contributed by atoms with Crippen LogP contribution in [0.2, 0.25) is 0 Å². The molecule has 30 heavy (non-hydrogen) atoms. The fourth-order valence-corrected chi connectivity index (χ4v) is 3.68. The van der Waals surface area contributed by atoms with E-state index in [-0.39, 0.29) is 5.56 Å². The van der Waals surface area contributed by atoms with Gasteiger partial charge in [-0.15, -0.1) is 0 Å². The van der Waals surface area contributed by atoms with Crippen molar-refractivity contribution in [2.75, 3.05) is 0 Å². The molecule has 0 N–H and O–H groups in total. The van der Waals surface area contributed by atoms with Crippen molar-refractivity contribution < 1.29 is 0 Å². The highest BCUT2D eigenvalue weighted by Crippen LogP contribution is 2.20. The van der Waals surface area contributed by atoms with Crippen LogP contribution >= 0.6 is 0 Å². The minimum absolute atomic E-state index is 0.357. The second kappa shape index (κ2) is 6.81. The third-order valence-corrected chi connectivity index (χ3v) is 5.32. The number of hydrogen-bond acceptors (Lipinski definition) is 3. The van der Waals surface area contributed by atoms with Crippen LogP contribution < -0.4 is 11.2 Å². The van der Waals surface area contributed by atoms with Gasteiger partial charge in [0.25, 0.3) is 5.56 Å². The molecule has 0 amide bonds. The Morgan fingerprint density at radius 1 is 0.700 bits per heavy atom. The van der Waals surface area contributed by atoms with Crippen LogP contribution in [-0.2, 0) is 0 Å². The number of pyridine rings is 1. The molecule has 5 rings (SSSR count). The highest BCUT2D eigenvalue weighted by molar-refractivity contribution is 5.91. The molecule has 0 aliphatic heterocycles. The van der Waals surface area contributed by atoms with E-state index in [2.05, 4.69) is 0 Å². The second-order valence-corrected chi connectivity index (χ2v) is 7.48. The molecule has 0 unspecified atom stereocenters. The normalized spacial score (nSPS) is 11.3. The van der Waals surface area contributed by atoms with Gasteiger partial charge in [-0.25, -0.2) is 18.9 Å². The summed E-state index contributed by atoms with van der Waals surface area (Å²) in [7, 11) is 0. The summed E-state index contributed by atoms with van der Waals surface area (Å²) in [5.41, 5.74) is 3.61. The number of benzene rings is 3. The molecule has 0 aliphatic rings. The van der Waals surface area contributed by atoms with Gasteiger partial charge in [0.15, 0.2) is 5.65 Å². The Labute approximate surface area is 172 Å². The first kappa shape index (κ1) is 18.1. The molecule has 0 atom stereocenters. The molecule has 0 bridgehead atoms. The predicted octanol–water partition coefficient (Wildman–Crippen LogP) is 4.31. The Kier molecular flexibility index (Phi) is 4.10. The lowest BCUT2D eigenvalue weighted by Crippen LogP contribution is -2.38. The molecular formula is C25H19N3O2. The topological polar surface area (TPSA) is 56.9 Å². The van der Waals surface area contributed by atoms with Gasteiger partial charge >= 0.3 is 5.69 Å². The van der Waals surface area contributed by atoms with E-state index in [1.807, 2.05) is 80.6 Å². The standard InChI is InChI=1S/C25H19N3O2/c1-16-7-11-19(12-8-16)27-23-21(15-18-5-3-4-6-22(18)26-23)24(29)28(25(27)30)20-13-9-17(2)10-14-20/h3-15H,1-2H3. The van der Waals surface area contributed by atoms with E-state index < -0.39 is 5.69 Å². The molecule has 3 aromatic carbocycles. The first-order valence-corrected chi connectivity index (χ1v) is 9.74. The van der Waals surface area contributed by atoms with Gasteiger partial charge in [-0.2, -0.15) is 0 Å². The maximum absolute atomic E-state index is 13.6. The Morgan fingerprint density at radius 2 is 1.27 bits per heavy atom. The molecule has 0 spiro atoms. The highest BCUT2D eigenvalue weighted by atomic mass is 16.2. The summed E-state index contributed by atoms with van der Waals surface area (Å²) in [5.74, 6) is 0. The summed E-state index contributed by atoms with van der Waals surface area (Å²) in [6.07, 6.45) is 0. The number of fused-ring (bicyclic) bond motifs is 2. The maximum Gasteiger partial charge on any atom is 0.341 e. The molecule has 5 heteroatoms. The molecule has 2 aromatic heterocycles. The lowest BCUT2D eigenvalue weighted by atomic mass is 10.1. The summed E-state index contributed by atoms with van der Waals surface area (Å²) < 4.78 is 2.74. The van der Waals surface area contributed by atoms with E-state index in [1.165, 1.54) is 9.13 Å². The smallest absolute Gasteiger partial charge is 0.268 e. The summed E-state index contributed by atoms with van der Waals surface area (Å²) in [6.45, 7) is 3.96. The zero-order chi connectivity index (χ0) is 20.8. The number of hydrogen-bond donors (Lipinski definition) is 0. The van der Waals surface area contributed by atoms with Crippen molar-refractivity contribution >= 4 is 21.9 Å². The summed E-state index contributed by atoms with van der Waals surface area (Å²) in [6, 6.07) is 24.4. The van der Waals surface area contributed by atoms with E-state index in [4.69, 9.17) is 4.98 Å². The van der Waals surface area contributed by atoms with Crippen LogP contribution in [-0.4, -0.2) is 14.1 Å². The van der Waals surface area contributed by atoms with Crippen molar-refractivity contribution in [1.29, 1.82) is 0 Å². The molecule has 2 heterocycles. The molecule has 0 radical (unpaired) electrons. The lowest BCUT2D eigenvalue weighted by Gasteiger charge is -2.14. The number of nitrogens with zero attached hydrogens (tertiary/aromatic N) is 3. The average molecular weight is 393 g/mol. The van der Waals surface area contributed by atoms with Gasteiger partial charge < -0.3 is 0 Å². The van der Waals surface area contributed by atoms with Crippen molar-refractivity contribution in [3.05, 3.63) is 111 Å². The van der Waals surface area contributed by atoms with Crippen LogP contribution in [0.15, 0.2) is 88.5 Å². The van der Waals surface area contributed by atoms with Gasteiger partial charge in [-0.05, 0) is 50.2 Å². The van der Waals surface area contributed by atoms with E-state index >= 15 is 0 Å². The maximum atomic E-state index is 13.6. The van der Waals surface area contributed by atoms with Crippen molar-refractivity contribution in [1.82, 2.24) is 14.1 Å². The van der Waals surface area contributed by atoms with Crippen LogP contribution in [0.5, 0.6) is 0 Å². The quantitative estimate of drug-likeness (QED) is 0.420. The van der Waals surface area contributed by atoms with Crippen molar-refractivity contribution in [2.45, 2.75) is 13.8 Å². The number of aryl methyl sites for hydroxylation is 2. The van der Waals surface area contributed by atoms with Crippen molar-refractivity contribution in [2.24, 2.45) is 0 Å². The minimum Gasteiger partial charge on any atom is -0.268 e.